The van der Waals surface area contributed by atoms with Crippen molar-refractivity contribution in [3.8, 4) is 5.69 Å². The molecule has 2 aromatic rings. The summed E-state index contributed by atoms with van der Waals surface area (Å²) in [6.45, 7) is 4.61. The van der Waals surface area contributed by atoms with Gasteiger partial charge in [0.15, 0.2) is 0 Å². The number of para-hydroxylation sites is 1. The van der Waals surface area contributed by atoms with Gasteiger partial charge in [-0.25, -0.2) is 9.67 Å². The minimum atomic E-state index is -0.0757. The first-order chi connectivity index (χ1) is 12.7. The lowest BCUT2D eigenvalue weighted by atomic mass is 10.2. The largest absolute Gasteiger partial charge is 0.332 e. The molecule has 1 aliphatic carbocycles. The highest BCUT2D eigenvalue weighted by atomic mass is 35.5. The maximum Gasteiger partial charge on any atom is 0.293 e. The molecule has 27 heavy (non-hydrogen) atoms. The molecule has 8 heteroatoms. The van der Waals surface area contributed by atoms with Crippen LogP contribution in [0.3, 0.4) is 0 Å². The SMILES string of the molecule is CCCN(C(=O)c1nc(C2CC2)n(-c2ccccc2Cl)n1)C1CCNC1.Cl. The third-order valence-electron chi connectivity index (χ3n) is 5.05. The van der Waals surface area contributed by atoms with Crippen molar-refractivity contribution in [2.24, 2.45) is 0 Å². The van der Waals surface area contributed by atoms with Crippen molar-refractivity contribution >= 4 is 29.9 Å². The van der Waals surface area contributed by atoms with E-state index in [-0.39, 0.29) is 30.2 Å². The fraction of sp³-hybridized carbons (Fsp3) is 0.526. The van der Waals surface area contributed by atoms with Gasteiger partial charge < -0.3 is 10.2 Å². The van der Waals surface area contributed by atoms with Crippen LogP contribution in [0, 0.1) is 0 Å². The standard InChI is InChI=1S/C19H24ClN5O.ClH/c1-2-11-24(14-9-10-21-12-14)19(26)17-22-18(13-7-8-13)25(23-17)16-6-4-3-5-15(16)20;/h3-6,13-14,21H,2,7-12H2,1H3;1H. The molecular weight excluding hydrogens is 385 g/mol. The van der Waals surface area contributed by atoms with Crippen molar-refractivity contribution in [3.05, 3.63) is 40.9 Å². The van der Waals surface area contributed by atoms with Crippen molar-refractivity contribution in [1.82, 2.24) is 25.0 Å². The summed E-state index contributed by atoms with van der Waals surface area (Å²) in [6.07, 6.45) is 4.07. The first-order valence-electron chi connectivity index (χ1n) is 9.42. The van der Waals surface area contributed by atoms with Crippen molar-refractivity contribution in [2.45, 2.75) is 44.6 Å². The highest BCUT2D eigenvalue weighted by Crippen LogP contribution is 2.40. The molecular formula is C19H25Cl2N5O. The zero-order chi connectivity index (χ0) is 18.1. The van der Waals surface area contributed by atoms with Gasteiger partial charge in [0.2, 0.25) is 5.82 Å². The van der Waals surface area contributed by atoms with Gasteiger partial charge in [0, 0.05) is 25.0 Å². The van der Waals surface area contributed by atoms with E-state index in [9.17, 15) is 4.79 Å². The van der Waals surface area contributed by atoms with Crippen LogP contribution in [0.5, 0.6) is 0 Å². The van der Waals surface area contributed by atoms with E-state index in [1.807, 2.05) is 29.2 Å². The van der Waals surface area contributed by atoms with Gasteiger partial charge >= 0.3 is 0 Å². The minimum Gasteiger partial charge on any atom is -0.332 e. The summed E-state index contributed by atoms with van der Waals surface area (Å²) in [4.78, 5) is 19.8. The molecule has 1 saturated heterocycles. The Morgan fingerprint density at radius 3 is 2.74 bits per heavy atom. The lowest BCUT2D eigenvalue weighted by Crippen LogP contribution is -2.42. The summed E-state index contributed by atoms with van der Waals surface area (Å²) in [6, 6.07) is 7.79. The van der Waals surface area contributed by atoms with Crippen LogP contribution in [0.1, 0.15) is 55.0 Å². The quantitative estimate of drug-likeness (QED) is 0.793. The van der Waals surface area contributed by atoms with Crippen molar-refractivity contribution < 1.29 is 4.79 Å². The molecule has 1 saturated carbocycles. The van der Waals surface area contributed by atoms with Crippen molar-refractivity contribution in [2.75, 3.05) is 19.6 Å². The molecule has 1 aliphatic heterocycles. The second-order valence-electron chi connectivity index (χ2n) is 7.08. The number of carbonyl (C=O) groups is 1. The Hall–Kier alpha value is -1.63. The predicted molar refractivity (Wildman–Crippen MR) is 108 cm³/mol. The average molecular weight is 410 g/mol. The van der Waals surface area contributed by atoms with Crippen LogP contribution in [-0.4, -0.2) is 51.2 Å². The smallest absolute Gasteiger partial charge is 0.293 e. The molecule has 2 aliphatic rings. The molecule has 146 valence electrons. The third kappa shape index (κ3) is 4.13. The first-order valence-corrected chi connectivity index (χ1v) is 9.80. The zero-order valence-corrected chi connectivity index (χ0v) is 17.0. The first kappa shape index (κ1) is 20.1. The third-order valence-corrected chi connectivity index (χ3v) is 5.37. The van der Waals surface area contributed by atoms with E-state index in [1.54, 1.807) is 4.68 Å². The summed E-state index contributed by atoms with van der Waals surface area (Å²) in [5.41, 5.74) is 0.784. The number of rotatable bonds is 6. The van der Waals surface area contributed by atoms with Crippen molar-refractivity contribution in [3.63, 3.8) is 0 Å². The molecule has 0 radical (unpaired) electrons. The van der Waals surface area contributed by atoms with Gasteiger partial charge in [0.05, 0.1) is 10.7 Å². The summed E-state index contributed by atoms with van der Waals surface area (Å²) in [5, 5.41) is 8.54. The van der Waals surface area contributed by atoms with Crippen LogP contribution in [0.25, 0.3) is 5.69 Å². The van der Waals surface area contributed by atoms with Crippen LogP contribution >= 0.6 is 24.0 Å². The number of nitrogens with one attached hydrogen (secondary N) is 1. The molecule has 1 aromatic carbocycles. The fourth-order valence-electron chi connectivity index (χ4n) is 3.55. The second kappa shape index (κ2) is 8.59. The van der Waals surface area contributed by atoms with Crippen LogP contribution < -0.4 is 5.32 Å². The molecule has 1 aromatic heterocycles. The van der Waals surface area contributed by atoms with E-state index in [0.717, 1.165) is 56.8 Å². The maximum atomic E-state index is 13.2. The van der Waals surface area contributed by atoms with E-state index in [4.69, 9.17) is 11.6 Å². The molecule has 4 rings (SSSR count). The zero-order valence-electron chi connectivity index (χ0n) is 15.4. The van der Waals surface area contributed by atoms with Crippen LogP contribution in [-0.2, 0) is 0 Å². The van der Waals surface area contributed by atoms with Crippen LogP contribution in [0.15, 0.2) is 24.3 Å². The van der Waals surface area contributed by atoms with Gasteiger partial charge in [-0.15, -0.1) is 17.5 Å². The number of hydrogen-bond donors (Lipinski definition) is 1. The maximum absolute atomic E-state index is 13.2. The van der Waals surface area contributed by atoms with Crippen LogP contribution in [0.4, 0.5) is 0 Å². The summed E-state index contributed by atoms with van der Waals surface area (Å²) in [7, 11) is 0. The Labute approximate surface area is 170 Å². The Kier molecular flexibility index (Phi) is 6.40. The molecule has 1 amide bonds. The van der Waals surface area contributed by atoms with Gasteiger partial charge in [-0.2, -0.15) is 0 Å². The molecule has 1 atom stereocenters. The normalized spacial score (nSPS) is 19.0. The second-order valence-corrected chi connectivity index (χ2v) is 7.48. The average Bonchev–Trinajstić information content (AvgIpc) is 3.18. The molecule has 0 spiro atoms. The molecule has 2 heterocycles. The molecule has 2 fully saturated rings. The van der Waals surface area contributed by atoms with E-state index in [2.05, 4.69) is 22.3 Å². The van der Waals surface area contributed by atoms with Gasteiger partial charge in [0.1, 0.15) is 5.82 Å². The van der Waals surface area contributed by atoms with E-state index >= 15 is 0 Å². The number of aromatic nitrogens is 3. The highest BCUT2D eigenvalue weighted by Gasteiger charge is 2.34. The molecule has 1 unspecified atom stereocenters. The minimum absolute atomic E-state index is 0. The Morgan fingerprint density at radius 1 is 1.33 bits per heavy atom. The number of amides is 1. The van der Waals surface area contributed by atoms with Gasteiger partial charge in [-0.1, -0.05) is 30.7 Å². The fourth-order valence-corrected chi connectivity index (χ4v) is 3.76. The number of nitrogens with zero attached hydrogens (tertiary/aromatic N) is 4. The molecule has 6 nitrogen and oxygen atoms in total. The van der Waals surface area contributed by atoms with Gasteiger partial charge in [-0.3, -0.25) is 4.79 Å². The van der Waals surface area contributed by atoms with E-state index in [1.165, 1.54) is 0 Å². The summed E-state index contributed by atoms with van der Waals surface area (Å²) >= 11 is 6.37. The van der Waals surface area contributed by atoms with Gasteiger partial charge in [0.25, 0.3) is 5.91 Å². The number of hydrogen-bond acceptors (Lipinski definition) is 4. The number of carbonyl (C=O) groups excluding carboxylic acids is 1. The Balaban J connectivity index is 0.00000210. The number of halogens is 2. The van der Waals surface area contributed by atoms with E-state index in [0.29, 0.717) is 10.9 Å². The topological polar surface area (TPSA) is 63.1 Å². The lowest BCUT2D eigenvalue weighted by Gasteiger charge is -2.26. The predicted octanol–water partition coefficient (Wildman–Crippen LogP) is 3.43. The molecule has 0 bridgehead atoms. The monoisotopic (exact) mass is 409 g/mol. The Morgan fingerprint density at radius 2 is 2.11 bits per heavy atom. The van der Waals surface area contributed by atoms with Gasteiger partial charge in [-0.05, 0) is 44.4 Å². The Bertz CT molecular complexity index is 799. The molecule has 1 N–H and O–H groups in total. The van der Waals surface area contributed by atoms with E-state index < -0.39 is 0 Å². The summed E-state index contributed by atoms with van der Waals surface area (Å²) < 4.78 is 1.77. The summed E-state index contributed by atoms with van der Waals surface area (Å²) in [5.74, 6) is 1.43. The number of benzene rings is 1. The lowest BCUT2D eigenvalue weighted by molar-refractivity contribution is 0.0679. The van der Waals surface area contributed by atoms with Crippen molar-refractivity contribution in [1.29, 1.82) is 0 Å². The highest BCUT2D eigenvalue weighted by molar-refractivity contribution is 6.32. The van der Waals surface area contributed by atoms with Crippen LogP contribution in [0.2, 0.25) is 5.02 Å².